The molecule has 0 fully saturated rings. The number of rotatable bonds is 2. The topological polar surface area (TPSA) is 73.5 Å². The lowest BCUT2D eigenvalue weighted by atomic mass is 10.1. The van der Waals surface area contributed by atoms with Gasteiger partial charge in [-0.3, -0.25) is 4.68 Å². The highest BCUT2D eigenvalue weighted by Crippen LogP contribution is 2.32. The molecular weight excluding hydrogens is 311 g/mol. The van der Waals surface area contributed by atoms with Gasteiger partial charge in [0.15, 0.2) is 20.6 Å². The number of oxime groups is 1. The van der Waals surface area contributed by atoms with Crippen molar-refractivity contribution < 1.29 is 26.4 Å². The molecule has 0 aromatic carbocycles. The Labute approximate surface area is 119 Å². The minimum Gasteiger partial charge on any atom is -0.389 e. The molecule has 0 radical (unpaired) electrons. The average molecular weight is 325 g/mol. The van der Waals surface area contributed by atoms with E-state index in [4.69, 9.17) is 4.84 Å². The first-order valence-electron chi connectivity index (χ1n) is 5.98. The zero-order valence-corrected chi connectivity index (χ0v) is 12.4. The smallest absolute Gasteiger partial charge is 0.389 e. The fourth-order valence-electron chi connectivity index (χ4n) is 1.94. The van der Waals surface area contributed by atoms with Gasteiger partial charge in [-0.05, 0) is 13.8 Å². The van der Waals surface area contributed by atoms with Crippen LogP contribution in [0.3, 0.4) is 0 Å². The third kappa shape index (κ3) is 3.36. The van der Waals surface area contributed by atoms with Gasteiger partial charge in [-0.2, -0.15) is 18.3 Å². The van der Waals surface area contributed by atoms with Crippen molar-refractivity contribution in [1.82, 2.24) is 9.78 Å². The lowest BCUT2D eigenvalue weighted by molar-refractivity contribution is -0.141. The summed E-state index contributed by atoms with van der Waals surface area (Å²) in [6.07, 6.45) is -3.64. The van der Waals surface area contributed by atoms with Crippen LogP contribution in [0.5, 0.6) is 0 Å². The van der Waals surface area contributed by atoms with Crippen molar-refractivity contribution in [2.75, 3.05) is 0 Å². The van der Waals surface area contributed by atoms with Crippen molar-refractivity contribution in [1.29, 1.82) is 0 Å². The molecule has 1 aromatic rings. The summed E-state index contributed by atoms with van der Waals surface area (Å²) in [4.78, 5) is 4.95. The van der Waals surface area contributed by atoms with Gasteiger partial charge in [0.2, 0.25) is 0 Å². The van der Waals surface area contributed by atoms with Crippen molar-refractivity contribution in [3.63, 3.8) is 0 Å². The van der Waals surface area contributed by atoms with Gasteiger partial charge in [-0.25, -0.2) is 8.42 Å². The predicted octanol–water partition coefficient (Wildman–Crippen LogP) is 1.87. The molecule has 0 unspecified atom stereocenters. The van der Waals surface area contributed by atoms with Gasteiger partial charge in [0.25, 0.3) is 0 Å². The third-order valence-electron chi connectivity index (χ3n) is 2.85. The summed E-state index contributed by atoms with van der Waals surface area (Å²) in [6.45, 7) is 3.29. The molecule has 10 heteroatoms. The lowest BCUT2D eigenvalue weighted by Gasteiger charge is -2.13. The van der Waals surface area contributed by atoms with E-state index in [-0.39, 0.29) is 11.5 Å². The fourth-order valence-corrected chi connectivity index (χ4v) is 3.45. The van der Waals surface area contributed by atoms with Gasteiger partial charge in [-0.15, -0.1) is 0 Å². The second kappa shape index (κ2) is 4.72. The van der Waals surface area contributed by atoms with Gasteiger partial charge >= 0.3 is 6.18 Å². The van der Waals surface area contributed by atoms with Gasteiger partial charge < -0.3 is 4.84 Å². The van der Waals surface area contributed by atoms with E-state index in [1.54, 1.807) is 13.8 Å². The predicted molar refractivity (Wildman–Crippen MR) is 68.0 cm³/mol. The molecule has 0 spiro atoms. The summed E-state index contributed by atoms with van der Waals surface area (Å²) in [5.41, 5.74) is -2.38. The normalized spacial score (nSPS) is 18.5. The van der Waals surface area contributed by atoms with Gasteiger partial charge in [0, 0.05) is 25.2 Å². The van der Waals surface area contributed by atoms with Crippen LogP contribution in [0.25, 0.3) is 0 Å². The zero-order valence-electron chi connectivity index (χ0n) is 11.6. The monoisotopic (exact) mass is 325 g/mol. The lowest BCUT2D eigenvalue weighted by Crippen LogP contribution is -2.23. The minimum absolute atomic E-state index is 0.0247. The molecule has 0 N–H and O–H groups in total. The number of aromatic nitrogens is 2. The van der Waals surface area contributed by atoms with Crippen LogP contribution in [0, 0.1) is 0 Å². The van der Waals surface area contributed by atoms with E-state index in [0.717, 1.165) is 10.9 Å². The molecule has 0 amide bonds. The van der Waals surface area contributed by atoms with E-state index in [1.165, 1.54) is 7.05 Å². The summed E-state index contributed by atoms with van der Waals surface area (Å²) < 4.78 is 63.7. The molecule has 21 heavy (non-hydrogen) atoms. The Morgan fingerprint density at radius 3 is 2.52 bits per heavy atom. The molecule has 1 aromatic heterocycles. The maximum Gasteiger partial charge on any atom is 0.435 e. The first kappa shape index (κ1) is 15.8. The summed E-state index contributed by atoms with van der Waals surface area (Å²) in [5.74, 6) is -0.812. The van der Waals surface area contributed by atoms with Crippen molar-refractivity contribution in [2.45, 2.75) is 37.8 Å². The van der Waals surface area contributed by atoms with Crippen LogP contribution < -0.4 is 0 Å². The molecule has 0 saturated heterocycles. The number of halogens is 3. The maximum atomic E-state index is 12.8. The molecule has 1 aliphatic heterocycles. The second-order valence-electron chi connectivity index (χ2n) is 5.45. The number of hydrogen-bond acceptors (Lipinski definition) is 5. The van der Waals surface area contributed by atoms with Gasteiger partial charge in [0.05, 0.1) is 5.75 Å². The SMILES string of the molecule is Cn1cc(CS(=O)(=O)C2=NOC(C)(C)C2)c(C(F)(F)F)n1. The van der Waals surface area contributed by atoms with Crippen molar-refractivity contribution in [3.05, 3.63) is 17.5 Å². The fraction of sp³-hybridized carbons (Fsp3) is 0.636. The molecule has 0 atom stereocenters. The van der Waals surface area contributed by atoms with E-state index in [9.17, 15) is 21.6 Å². The number of nitrogens with zero attached hydrogens (tertiary/aromatic N) is 3. The molecule has 0 saturated carbocycles. The van der Waals surface area contributed by atoms with Crippen LogP contribution in [-0.2, 0) is 33.7 Å². The number of hydrogen-bond donors (Lipinski definition) is 0. The Morgan fingerprint density at radius 1 is 1.43 bits per heavy atom. The van der Waals surface area contributed by atoms with Crippen LogP contribution in [0.2, 0.25) is 0 Å². The van der Waals surface area contributed by atoms with Crippen LogP contribution in [0.4, 0.5) is 13.2 Å². The summed E-state index contributed by atoms with van der Waals surface area (Å²) in [5, 5.41) is 6.51. The third-order valence-corrected chi connectivity index (χ3v) is 4.48. The molecular formula is C11H14F3N3O3S. The summed E-state index contributed by atoms with van der Waals surface area (Å²) in [6, 6.07) is 0. The Bertz CT molecular complexity index is 689. The molecule has 2 heterocycles. The maximum absolute atomic E-state index is 12.8. The Hall–Kier alpha value is -1.58. The second-order valence-corrected chi connectivity index (χ2v) is 7.44. The van der Waals surface area contributed by atoms with Crippen LogP contribution in [-0.4, -0.2) is 28.8 Å². The highest BCUT2D eigenvalue weighted by atomic mass is 32.2. The molecule has 1 aliphatic rings. The molecule has 2 rings (SSSR count). The van der Waals surface area contributed by atoms with Crippen LogP contribution in [0.15, 0.2) is 11.4 Å². The Kier molecular flexibility index (Phi) is 3.55. The van der Waals surface area contributed by atoms with E-state index >= 15 is 0 Å². The average Bonchev–Trinajstić information content (AvgIpc) is 2.80. The standard InChI is InChI=1S/C11H14F3N3O3S/c1-10(2)4-8(16-20-10)21(18,19)6-7-5-17(3)15-9(7)11(12,13)14/h5H,4,6H2,1-3H3. The number of sulfone groups is 1. The molecule has 0 bridgehead atoms. The Morgan fingerprint density at radius 2 is 2.05 bits per heavy atom. The largest absolute Gasteiger partial charge is 0.435 e. The van der Waals surface area contributed by atoms with E-state index in [2.05, 4.69) is 10.3 Å². The zero-order chi connectivity index (χ0) is 16.1. The first-order chi connectivity index (χ1) is 9.41. The van der Waals surface area contributed by atoms with Gasteiger partial charge in [0.1, 0.15) is 5.60 Å². The number of alkyl halides is 3. The quantitative estimate of drug-likeness (QED) is 0.832. The van der Waals surface area contributed by atoms with Crippen LogP contribution in [0.1, 0.15) is 31.5 Å². The summed E-state index contributed by atoms with van der Waals surface area (Å²) >= 11 is 0. The van der Waals surface area contributed by atoms with Gasteiger partial charge in [-0.1, -0.05) is 5.16 Å². The van der Waals surface area contributed by atoms with Crippen LogP contribution >= 0.6 is 0 Å². The molecule has 0 aliphatic carbocycles. The number of aryl methyl sites for hydroxylation is 1. The summed E-state index contributed by atoms with van der Waals surface area (Å²) in [7, 11) is -2.69. The van der Waals surface area contributed by atoms with E-state index in [0.29, 0.717) is 0 Å². The minimum atomic E-state index is -4.71. The Balaban J connectivity index is 2.31. The molecule has 118 valence electrons. The highest BCUT2D eigenvalue weighted by Gasteiger charge is 2.40. The van der Waals surface area contributed by atoms with Crippen molar-refractivity contribution >= 4 is 14.9 Å². The molecule has 6 nitrogen and oxygen atoms in total. The first-order valence-corrected chi connectivity index (χ1v) is 7.63. The highest BCUT2D eigenvalue weighted by molar-refractivity contribution is 8.05. The van der Waals surface area contributed by atoms with Crippen molar-refractivity contribution in [2.24, 2.45) is 12.2 Å². The van der Waals surface area contributed by atoms with Crippen molar-refractivity contribution in [3.8, 4) is 0 Å². The van der Waals surface area contributed by atoms with E-state index < -0.39 is 38.6 Å². The van der Waals surface area contributed by atoms with E-state index in [1.807, 2.05) is 0 Å².